The zero-order valence-corrected chi connectivity index (χ0v) is 8.77. The molecule has 0 spiro atoms. The van der Waals surface area contributed by atoms with Gasteiger partial charge in [-0.2, -0.15) is 0 Å². The van der Waals surface area contributed by atoms with Crippen LogP contribution in [0.15, 0.2) is 29.4 Å². The molecule has 0 amide bonds. The largest absolute Gasteiger partial charge is 0.332 e. The Labute approximate surface area is 92.0 Å². The van der Waals surface area contributed by atoms with Crippen molar-refractivity contribution in [2.24, 2.45) is 0 Å². The van der Waals surface area contributed by atoms with Crippen LogP contribution in [0.5, 0.6) is 0 Å². The van der Waals surface area contributed by atoms with E-state index in [1.807, 2.05) is 6.08 Å². The molecule has 4 heteroatoms. The zero-order valence-electron chi connectivity index (χ0n) is 8.01. The van der Waals surface area contributed by atoms with Gasteiger partial charge in [-0.25, -0.2) is 8.78 Å². The Bertz CT molecular complexity index is 404. The number of anilines is 1. The fraction of sp³-hybridized carbons (Fsp3) is 0.273. The molecule has 1 aromatic rings. The number of rotatable bonds is 1. The maximum Gasteiger partial charge on any atom is 0.160 e. The highest BCUT2D eigenvalue weighted by Gasteiger charge is 2.15. The number of nitrogens with zero attached hydrogens (tertiary/aromatic N) is 1. The summed E-state index contributed by atoms with van der Waals surface area (Å²) >= 11 is 5.98. The van der Waals surface area contributed by atoms with Crippen LogP contribution in [-0.4, -0.2) is 6.54 Å². The number of hydrogen-bond donors (Lipinski definition) is 0. The highest BCUT2D eigenvalue weighted by atomic mass is 35.5. The fourth-order valence-electron chi connectivity index (χ4n) is 1.59. The van der Waals surface area contributed by atoms with Crippen molar-refractivity contribution in [3.05, 3.63) is 41.1 Å². The lowest BCUT2D eigenvalue weighted by Crippen LogP contribution is -2.24. The van der Waals surface area contributed by atoms with Crippen molar-refractivity contribution in [1.82, 2.24) is 0 Å². The Kier molecular flexibility index (Phi) is 2.91. The van der Waals surface area contributed by atoms with Gasteiger partial charge in [-0.05, 0) is 31.1 Å². The standard InChI is InChI=1S/C11H10ClF2N/c12-11-3-1-2-6-15(11)8-4-5-9(13)10(14)7-8/h3-5,7H,1-2,6H2. The molecule has 0 atom stereocenters. The van der Waals surface area contributed by atoms with E-state index >= 15 is 0 Å². The smallest absolute Gasteiger partial charge is 0.160 e. The minimum atomic E-state index is -0.845. The summed E-state index contributed by atoms with van der Waals surface area (Å²) in [5.41, 5.74) is 0.592. The molecule has 1 aliphatic rings. The molecule has 0 radical (unpaired) electrons. The molecule has 1 nitrogen and oxygen atoms in total. The van der Waals surface area contributed by atoms with Crippen LogP contribution < -0.4 is 4.90 Å². The molecular weight excluding hydrogens is 220 g/mol. The molecule has 1 heterocycles. The molecule has 0 aromatic heterocycles. The Morgan fingerprint density at radius 2 is 2.00 bits per heavy atom. The average molecular weight is 230 g/mol. The molecule has 15 heavy (non-hydrogen) atoms. The van der Waals surface area contributed by atoms with Gasteiger partial charge in [0.15, 0.2) is 11.6 Å². The van der Waals surface area contributed by atoms with Gasteiger partial charge < -0.3 is 4.90 Å². The Hall–Kier alpha value is -1.09. The molecule has 0 saturated heterocycles. The first-order chi connectivity index (χ1) is 7.18. The minimum absolute atomic E-state index is 0.576. The highest BCUT2D eigenvalue weighted by Crippen LogP contribution is 2.27. The number of allylic oxidation sites excluding steroid dienone is 1. The lowest BCUT2D eigenvalue weighted by molar-refractivity contribution is 0.508. The second-order valence-electron chi connectivity index (χ2n) is 3.42. The molecule has 0 fully saturated rings. The van der Waals surface area contributed by atoms with Crippen LogP contribution in [0.4, 0.5) is 14.5 Å². The van der Waals surface area contributed by atoms with E-state index in [0.717, 1.165) is 31.5 Å². The van der Waals surface area contributed by atoms with Crippen LogP contribution in [0.25, 0.3) is 0 Å². The molecule has 0 N–H and O–H groups in total. The molecular formula is C11H10ClF2N. The lowest BCUT2D eigenvalue weighted by atomic mass is 10.2. The predicted octanol–water partition coefficient (Wildman–Crippen LogP) is 3.65. The predicted molar refractivity (Wildman–Crippen MR) is 56.9 cm³/mol. The Morgan fingerprint density at radius 3 is 2.67 bits per heavy atom. The van der Waals surface area contributed by atoms with E-state index in [2.05, 4.69) is 0 Å². The monoisotopic (exact) mass is 229 g/mol. The van der Waals surface area contributed by atoms with Crippen LogP contribution in [-0.2, 0) is 0 Å². The van der Waals surface area contributed by atoms with E-state index in [4.69, 9.17) is 11.6 Å². The van der Waals surface area contributed by atoms with E-state index < -0.39 is 11.6 Å². The van der Waals surface area contributed by atoms with Gasteiger partial charge in [0.2, 0.25) is 0 Å². The van der Waals surface area contributed by atoms with Gasteiger partial charge in [0.05, 0.1) is 0 Å². The molecule has 0 aliphatic carbocycles. The van der Waals surface area contributed by atoms with Crippen LogP contribution >= 0.6 is 11.6 Å². The van der Waals surface area contributed by atoms with E-state index in [0.29, 0.717) is 10.8 Å². The van der Waals surface area contributed by atoms with Gasteiger partial charge in [-0.3, -0.25) is 0 Å². The number of benzene rings is 1. The maximum absolute atomic E-state index is 13.0. The highest BCUT2D eigenvalue weighted by molar-refractivity contribution is 6.31. The van der Waals surface area contributed by atoms with Crippen molar-refractivity contribution in [3.8, 4) is 0 Å². The summed E-state index contributed by atoms with van der Waals surface area (Å²) in [6.45, 7) is 0.737. The van der Waals surface area contributed by atoms with E-state index in [-0.39, 0.29) is 0 Å². The van der Waals surface area contributed by atoms with Crippen molar-refractivity contribution < 1.29 is 8.78 Å². The third-order valence-corrected chi connectivity index (χ3v) is 2.73. The van der Waals surface area contributed by atoms with Gasteiger partial charge in [0.1, 0.15) is 5.16 Å². The zero-order chi connectivity index (χ0) is 10.8. The molecule has 1 aliphatic heterocycles. The number of hydrogen-bond acceptors (Lipinski definition) is 1. The average Bonchev–Trinajstić information content (AvgIpc) is 2.23. The van der Waals surface area contributed by atoms with E-state index in [1.165, 1.54) is 6.07 Å². The van der Waals surface area contributed by atoms with Crippen LogP contribution in [0.1, 0.15) is 12.8 Å². The van der Waals surface area contributed by atoms with Crippen LogP contribution in [0, 0.1) is 11.6 Å². The van der Waals surface area contributed by atoms with Gasteiger partial charge in [0, 0.05) is 18.3 Å². The quantitative estimate of drug-likeness (QED) is 0.665. The van der Waals surface area contributed by atoms with E-state index in [9.17, 15) is 8.78 Å². The topological polar surface area (TPSA) is 3.24 Å². The van der Waals surface area contributed by atoms with Crippen LogP contribution in [0.3, 0.4) is 0 Å². The van der Waals surface area contributed by atoms with Crippen molar-refractivity contribution >= 4 is 17.3 Å². The fourth-order valence-corrected chi connectivity index (χ4v) is 1.88. The first-order valence-corrected chi connectivity index (χ1v) is 5.14. The summed E-state index contributed by atoms with van der Waals surface area (Å²) in [7, 11) is 0. The molecule has 0 unspecified atom stereocenters. The Morgan fingerprint density at radius 1 is 1.20 bits per heavy atom. The van der Waals surface area contributed by atoms with Crippen LogP contribution in [0.2, 0.25) is 0 Å². The second kappa shape index (κ2) is 4.19. The van der Waals surface area contributed by atoms with Gasteiger partial charge in [0.25, 0.3) is 0 Å². The molecule has 0 bridgehead atoms. The van der Waals surface area contributed by atoms with Crippen molar-refractivity contribution in [2.45, 2.75) is 12.8 Å². The summed E-state index contributed by atoms with van der Waals surface area (Å²) in [6, 6.07) is 3.81. The van der Waals surface area contributed by atoms with E-state index in [1.54, 1.807) is 4.90 Å². The minimum Gasteiger partial charge on any atom is -0.332 e. The normalized spacial score (nSPS) is 16.5. The molecule has 1 aromatic carbocycles. The first kappa shape index (κ1) is 10.4. The second-order valence-corrected chi connectivity index (χ2v) is 3.81. The van der Waals surface area contributed by atoms with Gasteiger partial charge in [-0.15, -0.1) is 0 Å². The molecule has 2 rings (SSSR count). The number of halogens is 3. The summed E-state index contributed by atoms with van der Waals surface area (Å²) in [5, 5.41) is 0.576. The Balaban J connectivity index is 2.33. The van der Waals surface area contributed by atoms with Gasteiger partial charge >= 0.3 is 0 Å². The summed E-state index contributed by atoms with van der Waals surface area (Å²) in [4.78, 5) is 1.77. The third kappa shape index (κ3) is 2.12. The third-order valence-electron chi connectivity index (χ3n) is 2.37. The maximum atomic E-state index is 13.0. The lowest BCUT2D eigenvalue weighted by Gasteiger charge is -2.27. The molecule has 80 valence electrons. The first-order valence-electron chi connectivity index (χ1n) is 4.77. The van der Waals surface area contributed by atoms with Crippen molar-refractivity contribution in [2.75, 3.05) is 11.4 Å². The summed E-state index contributed by atoms with van der Waals surface area (Å²) in [6.07, 6.45) is 3.78. The summed E-state index contributed by atoms with van der Waals surface area (Å²) < 4.78 is 25.7. The molecule has 0 saturated carbocycles. The van der Waals surface area contributed by atoms with Crippen molar-refractivity contribution in [1.29, 1.82) is 0 Å². The van der Waals surface area contributed by atoms with Crippen molar-refractivity contribution in [3.63, 3.8) is 0 Å². The SMILES string of the molecule is Fc1ccc(N2CCCC=C2Cl)cc1F. The van der Waals surface area contributed by atoms with Gasteiger partial charge in [-0.1, -0.05) is 11.6 Å². The summed E-state index contributed by atoms with van der Waals surface area (Å²) in [5.74, 6) is -1.68.